The fourth-order valence-electron chi connectivity index (χ4n) is 2.20. The second kappa shape index (κ2) is 9.39. The Morgan fingerprint density at radius 2 is 1.48 bits per heavy atom. The first kappa shape index (κ1) is 17.5. The van der Waals surface area contributed by atoms with E-state index in [2.05, 4.69) is 58.8 Å². The van der Waals surface area contributed by atoms with Crippen LogP contribution in [0.2, 0.25) is 0 Å². The molecule has 3 N–H and O–H groups in total. The first-order chi connectivity index (χ1) is 9.81. The van der Waals surface area contributed by atoms with Crippen LogP contribution in [0.25, 0.3) is 0 Å². The second-order valence-electron chi connectivity index (χ2n) is 4.63. The van der Waals surface area contributed by atoms with Gasteiger partial charge in [0.25, 0.3) is 0 Å². The zero-order valence-electron chi connectivity index (χ0n) is 12.2. The van der Waals surface area contributed by atoms with E-state index < -0.39 is 0 Å². The maximum absolute atomic E-state index is 5.83. The summed E-state index contributed by atoms with van der Waals surface area (Å²) >= 11 is 0. The first-order valence-corrected chi connectivity index (χ1v) is 6.95. The van der Waals surface area contributed by atoms with E-state index in [0.717, 1.165) is 6.54 Å². The molecule has 0 aliphatic rings. The minimum Gasteiger partial charge on any atom is -0.370 e. The van der Waals surface area contributed by atoms with E-state index in [1.807, 2.05) is 19.1 Å². The van der Waals surface area contributed by atoms with Crippen molar-refractivity contribution in [2.75, 3.05) is 13.1 Å². The normalized spacial score (nSPS) is 11.0. The predicted molar refractivity (Wildman–Crippen MR) is 100 cm³/mol. The molecule has 0 radical (unpaired) electrons. The first-order valence-electron chi connectivity index (χ1n) is 6.95. The van der Waals surface area contributed by atoms with Gasteiger partial charge in [-0.2, -0.15) is 0 Å². The monoisotopic (exact) mass is 395 g/mol. The number of nitrogens with one attached hydrogen (secondary N) is 1. The lowest BCUT2D eigenvalue weighted by molar-refractivity contribution is 0.807. The fourth-order valence-corrected chi connectivity index (χ4v) is 2.20. The maximum atomic E-state index is 5.83. The van der Waals surface area contributed by atoms with Gasteiger partial charge in [0.2, 0.25) is 0 Å². The van der Waals surface area contributed by atoms with Crippen molar-refractivity contribution in [1.82, 2.24) is 5.32 Å². The molecule has 0 spiro atoms. The summed E-state index contributed by atoms with van der Waals surface area (Å²) < 4.78 is 0. The average Bonchev–Trinajstić information content (AvgIpc) is 2.50. The zero-order chi connectivity index (χ0) is 14.2. The molecule has 0 aliphatic heterocycles. The molecule has 4 heteroatoms. The molecule has 0 bridgehead atoms. The predicted octanol–water partition coefficient (Wildman–Crippen LogP) is 3.36. The van der Waals surface area contributed by atoms with Gasteiger partial charge in [-0.05, 0) is 18.1 Å². The third kappa shape index (κ3) is 5.38. The molecule has 0 atom stereocenters. The van der Waals surface area contributed by atoms with Crippen LogP contribution in [-0.4, -0.2) is 19.0 Å². The molecule has 0 aromatic heterocycles. The number of nitrogens with zero attached hydrogens (tertiary/aromatic N) is 1. The molecular formula is C17H22IN3. The van der Waals surface area contributed by atoms with Gasteiger partial charge in [0.05, 0.1) is 6.54 Å². The SMILES string of the molecule is CCNC(N)=NCC(c1ccccc1)c1ccccc1.I. The number of nitrogens with two attached hydrogens (primary N) is 1. The molecule has 0 saturated carbocycles. The molecule has 112 valence electrons. The molecule has 0 heterocycles. The smallest absolute Gasteiger partial charge is 0.188 e. The van der Waals surface area contributed by atoms with E-state index >= 15 is 0 Å². The van der Waals surface area contributed by atoms with Crippen molar-refractivity contribution < 1.29 is 0 Å². The molecule has 0 fully saturated rings. The van der Waals surface area contributed by atoms with Crippen molar-refractivity contribution in [3.63, 3.8) is 0 Å². The number of aliphatic imine (C=N–C) groups is 1. The van der Waals surface area contributed by atoms with Gasteiger partial charge in [-0.25, -0.2) is 0 Å². The summed E-state index contributed by atoms with van der Waals surface area (Å²) in [5.41, 5.74) is 8.34. The Kier molecular flexibility index (Phi) is 7.82. The van der Waals surface area contributed by atoms with Gasteiger partial charge < -0.3 is 11.1 Å². The van der Waals surface area contributed by atoms with E-state index in [1.54, 1.807) is 0 Å². The molecule has 2 aromatic rings. The van der Waals surface area contributed by atoms with Crippen LogP contribution < -0.4 is 11.1 Å². The topological polar surface area (TPSA) is 50.4 Å². The van der Waals surface area contributed by atoms with Gasteiger partial charge in [0.1, 0.15) is 0 Å². The Morgan fingerprint density at radius 1 is 1.00 bits per heavy atom. The largest absolute Gasteiger partial charge is 0.370 e. The summed E-state index contributed by atoms with van der Waals surface area (Å²) in [5, 5.41) is 3.03. The van der Waals surface area contributed by atoms with Crippen molar-refractivity contribution in [2.24, 2.45) is 10.7 Å². The number of halogens is 1. The molecule has 0 aliphatic carbocycles. The van der Waals surface area contributed by atoms with Gasteiger partial charge in [0, 0.05) is 12.5 Å². The number of hydrogen-bond acceptors (Lipinski definition) is 1. The Hall–Kier alpha value is -1.56. The highest BCUT2D eigenvalue weighted by atomic mass is 127. The lowest BCUT2D eigenvalue weighted by Gasteiger charge is -2.16. The molecule has 2 rings (SSSR count). The molecule has 2 aromatic carbocycles. The molecule has 0 amide bonds. The molecule has 21 heavy (non-hydrogen) atoms. The van der Waals surface area contributed by atoms with E-state index in [4.69, 9.17) is 5.73 Å². The minimum absolute atomic E-state index is 0. The summed E-state index contributed by atoms with van der Waals surface area (Å²) in [4.78, 5) is 4.45. The third-order valence-corrected chi connectivity index (χ3v) is 3.21. The third-order valence-electron chi connectivity index (χ3n) is 3.21. The lowest BCUT2D eigenvalue weighted by atomic mass is 9.91. The number of benzene rings is 2. The summed E-state index contributed by atoms with van der Waals surface area (Å²) in [7, 11) is 0. The molecule has 0 saturated heterocycles. The van der Waals surface area contributed by atoms with Gasteiger partial charge in [-0.3, -0.25) is 4.99 Å². The van der Waals surface area contributed by atoms with Crippen LogP contribution in [0, 0.1) is 0 Å². The van der Waals surface area contributed by atoms with Gasteiger partial charge in [0.15, 0.2) is 5.96 Å². The fraction of sp³-hybridized carbons (Fsp3) is 0.235. The van der Waals surface area contributed by atoms with Crippen molar-refractivity contribution in [3.8, 4) is 0 Å². The minimum atomic E-state index is 0. The number of rotatable bonds is 5. The Labute approximate surface area is 143 Å². The van der Waals surface area contributed by atoms with Crippen LogP contribution in [0.5, 0.6) is 0 Å². The Bertz CT molecular complexity index is 501. The van der Waals surface area contributed by atoms with Crippen LogP contribution >= 0.6 is 24.0 Å². The van der Waals surface area contributed by atoms with Crippen LogP contribution in [-0.2, 0) is 0 Å². The number of hydrogen-bond donors (Lipinski definition) is 2. The van der Waals surface area contributed by atoms with Gasteiger partial charge in [-0.1, -0.05) is 60.7 Å². The van der Waals surface area contributed by atoms with Crippen molar-refractivity contribution in [3.05, 3.63) is 71.8 Å². The van der Waals surface area contributed by atoms with Crippen molar-refractivity contribution >= 4 is 29.9 Å². The van der Waals surface area contributed by atoms with Crippen LogP contribution in [0.3, 0.4) is 0 Å². The van der Waals surface area contributed by atoms with Crippen molar-refractivity contribution in [1.29, 1.82) is 0 Å². The lowest BCUT2D eigenvalue weighted by Crippen LogP contribution is -2.31. The van der Waals surface area contributed by atoms with Crippen LogP contribution in [0.1, 0.15) is 24.0 Å². The number of guanidine groups is 1. The Morgan fingerprint density at radius 3 is 1.90 bits per heavy atom. The second-order valence-corrected chi connectivity index (χ2v) is 4.63. The average molecular weight is 395 g/mol. The standard InChI is InChI=1S/C17H21N3.HI/c1-2-19-17(18)20-13-16(14-9-5-3-6-10-14)15-11-7-4-8-12-15;/h3-12,16H,2,13H2,1H3,(H3,18,19,20);1H. The van der Waals surface area contributed by atoms with Crippen molar-refractivity contribution in [2.45, 2.75) is 12.8 Å². The molecule has 3 nitrogen and oxygen atoms in total. The van der Waals surface area contributed by atoms with E-state index in [1.165, 1.54) is 11.1 Å². The zero-order valence-corrected chi connectivity index (χ0v) is 14.5. The highest BCUT2D eigenvalue weighted by Gasteiger charge is 2.13. The quantitative estimate of drug-likeness (QED) is 0.464. The summed E-state index contributed by atoms with van der Waals surface area (Å²) in [6.45, 7) is 3.44. The van der Waals surface area contributed by atoms with Crippen LogP contribution in [0.4, 0.5) is 0 Å². The van der Waals surface area contributed by atoms with Crippen LogP contribution in [0.15, 0.2) is 65.7 Å². The van der Waals surface area contributed by atoms with E-state index in [-0.39, 0.29) is 29.9 Å². The summed E-state index contributed by atoms with van der Waals surface area (Å²) in [6, 6.07) is 20.8. The molecular weight excluding hydrogens is 373 g/mol. The molecule has 0 unspecified atom stereocenters. The van der Waals surface area contributed by atoms with E-state index in [0.29, 0.717) is 12.5 Å². The highest BCUT2D eigenvalue weighted by molar-refractivity contribution is 14.0. The highest BCUT2D eigenvalue weighted by Crippen LogP contribution is 2.24. The van der Waals surface area contributed by atoms with Gasteiger partial charge in [-0.15, -0.1) is 24.0 Å². The Balaban J connectivity index is 0.00000220. The van der Waals surface area contributed by atoms with E-state index in [9.17, 15) is 0 Å². The summed E-state index contributed by atoms with van der Waals surface area (Å²) in [5.74, 6) is 0.735. The summed E-state index contributed by atoms with van der Waals surface area (Å²) in [6.07, 6.45) is 0. The maximum Gasteiger partial charge on any atom is 0.188 e. The van der Waals surface area contributed by atoms with Gasteiger partial charge >= 0.3 is 0 Å².